The van der Waals surface area contributed by atoms with Gasteiger partial charge in [-0.15, -0.1) is 0 Å². The molecule has 6 heteroatoms. The van der Waals surface area contributed by atoms with E-state index in [-0.39, 0.29) is 5.75 Å². The van der Waals surface area contributed by atoms with Crippen molar-refractivity contribution in [3.63, 3.8) is 0 Å². The second kappa shape index (κ2) is 5.19. The van der Waals surface area contributed by atoms with Gasteiger partial charge in [0, 0.05) is 28.1 Å². The molecule has 6 nitrogen and oxygen atoms in total. The third-order valence-corrected chi connectivity index (χ3v) is 3.78. The van der Waals surface area contributed by atoms with Gasteiger partial charge in [-0.3, -0.25) is 14.8 Å². The van der Waals surface area contributed by atoms with E-state index in [0.29, 0.717) is 21.9 Å². The van der Waals surface area contributed by atoms with Gasteiger partial charge in [0.2, 0.25) is 0 Å². The van der Waals surface area contributed by atoms with E-state index < -0.39 is 17.4 Å². The van der Waals surface area contributed by atoms with Crippen LogP contribution in [0.15, 0.2) is 42.6 Å². The van der Waals surface area contributed by atoms with Crippen LogP contribution in [0, 0.1) is 0 Å². The minimum absolute atomic E-state index is 0.0185. The maximum Gasteiger partial charge on any atom is 0.265 e. The molecule has 2 aromatic carbocycles. The number of amides is 2. The van der Waals surface area contributed by atoms with Crippen LogP contribution in [0.4, 0.5) is 0 Å². The van der Waals surface area contributed by atoms with Gasteiger partial charge in [0.15, 0.2) is 0 Å². The number of phenols is 1. The predicted molar refractivity (Wildman–Crippen MR) is 83.0 cm³/mol. The minimum atomic E-state index is -1.04. The van der Waals surface area contributed by atoms with Gasteiger partial charge in [-0.05, 0) is 38.1 Å². The lowest BCUT2D eigenvalue weighted by atomic mass is 9.93. The maximum absolute atomic E-state index is 12.6. The molecule has 0 saturated heterocycles. The number of benzene rings is 2. The van der Waals surface area contributed by atoms with Crippen molar-refractivity contribution in [2.75, 3.05) is 0 Å². The molecule has 0 aromatic heterocycles. The molecular weight excluding hydrogens is 298 g/mol. The Morgan fingerprint density at radius 3 is 2.39 bits per heavy atom. The van der Waals surface area contributed by atoms with Crippen LogP contribution in [0.1, 0.15) is 34.6 Å². The van der Waals surface area contributed by atoms with E-state index in [2.05, 4.69) is 4.89 Å². The van der Waals surface area contributed by atoms with Crippen LogP contribution in [0.25, 0.3) is 10.8 Å². The van der Waals surface area contributed by atoms with Crippen molar-refractivity contribution >= 4 is 22.6 Å². The quantitative estimate of drug-likeness (QED) is 0.517. The highest BCUT2D eigenvalue weighted by Crippen LogP contribution is 2.35. The molecule has 1 aliphatic rings. The Balaban J connectivity index is 2.16. The van der Waals surface area contributed by atoms with Gasteiger partial charge in [0.25, 0.3) is 11.8 Å². The molecule has 23 heavy (non-hydrogen) atoms. The molecule has 0 aliphatic carbocycles. The highest BCUT2D eigenvalue weighted by molar-refractivity contribution is 6.26. The zero-order chi connectivity index (χ0) is 16.8. The van der Waals surface area contributed by atoms with Crippen molar-refractivity contribution in [3.05, 3.63) is 53.7 Å². The highest BCUT2D eigenvalue weighted by Gasteiger charge is 2.32. The molecular formula is C17H15NO5. The summed E-state index contributed by atoms with van der Waals surface area (Å²) >= 11 is 0. The molecule has 0 unspecified atom stereocenters. The topological polar surface area (TPSA) is 87.1 Å². The van der Waals surface area contributed by atoms with Crippen molar-refractivity contribution < 1.29 is 24.8 Å². The number of nitrogens with zero attached hydrogens (tertiary/aromatic N) is 1. The van der Waals surface area contributed by atoms with E-state index in [0.717, 1.165) is 4.90 Å². The average molecular weight is 313 g/mol. The number of imide groups is 1. The normalized spacial score (nSPS) is 15.0. The van der Waals surface area contributed by atoms with Crippen LogP contribution in [-0.2, 0) is 4.89 Å². The molecule has 0 atom stereocenters. The second-order valence-corrected chi connectivity index (χ2v) is 5.85. The lowest BCUT2D eigenvalue weighted by Gasteiger charge is -2.25. The van der Waals surface area contributed by atoms with Crippen LogP contribution >= 0.6 is 0 Å². The summed E-state index contributed by atoms with van der Waals surface area (Å²) in [4.78, 5) is 30.4. The zero-order valence-electron chi connectivity index (χ0n) is 12.6. The Morgan fingerprint density at radius 2 is 1.74 bits per heavy atom. The molecule has 118 valence electrons. The fourth-order valence-corrected chi connectivity index (χ4v) is 2.52. The van der Waals surface area contributed by atoms with Crippen molar-refractivity contribution in [2.45, 2.75) is 19.4 Å². The van der Waals surface area contributed by atoms with Crippen LogP contribution in [-0.4, -0.2) is 32.7 Å². The molecule has 2 N–H and O–H groups in total. The molecule has 0 fully saturated rings. The molecule has 0 bridgehead atoms. The number of carbonyl (C=O) groups is 2. The molecule has 2 aromatic rings. The SMILES string of the molecule is CC(C)(/C=C/N1C(=O)c2cccc3c(O)ccc(c23)C1=O)OO. The fourth-order valence-electron chi connectivity index (χ4n) is 2.52. The Hall–Kier alpha value is -2.70. The molecule has 1 heterocycles. The number of aromatic hydroxyl groups is 1. The summed E-state index contributed by atoms with van der Waals surface area (Å²) < 4.78 is 0. The van der Waals surface area contributed by atoms with Crippen molar-refractivity contribution in [1.82, 2.24) is 4.90 Å². The number of hydrogen-bond acceptors (Lipinski definition) is 5. The summed E-state index contributed by atoms with van der Waals surface area (Å²) in [5.41, 5.74) is -0.373. The summed E-state index contributed by atoms with van der Waals surface area (Å²) in [5, 5.41) is 19.6. The molecule has 0 spiro atoms. The smallest absolute Gasteiger partial charge is 0.265 e. The average Bonchev–Trinajstić information content (AvgIpc) is 2.53. The molecule has 2 amide bonds. The molecule has 0 saturated carbocycles. The second-order valence-electron chi connectivity index (χ2n) is 5.85. The van der Waals surface area contributed by atoms with Crippen LogP contribution in [0.2, 0.25) is 0 Å². The Bertz CT molecular complexity index is 831. The third-order valence-electron chi connectivity index (χ3n) is 3.78. The van der Waals surface area contributed by atoms with Gasteiger partial charge < -0.3 is 5.11 Å². The van der Waals surface area contributed by atoms with Gasteiger partial charge in [-0.2, -0.15) is 0 Å². The van der Waals surface area contributed by atoms with E-state index in [1.165, 1.54) is 24.4 Å². The summed E-state index contributed by atoms with van der Waals surface area (Å²) in [7, 11) is 0. The standard InChI is InChI=1S/C17H15NO5/c1-17(2,23-22)8-9-18-15(20)11-5-3-4-10-13(19)7-6-12(14(10)11)16(18)21/h3-9,19,22H,1-2H3/b9-8+. The largest absolute Gasteiger partial charge is 0.507 e. The van der Waals surface area contributed by atoms with E-state index >= 15 is 0 Å². The van der Waals surface area contributed by atoms with E-state index in [4.69, 9.17) is 5.26 Å². The summed E-state index contributed by atoms with van der Waals surface area (Å²) in [6.45, 7) is 3.16. The maximum atomic E-state index is 12.6. The first-order chi connectivity index (χ1) is 10.9. The number of rotatable bonds is 3. The van der Waals surface area contributed by atoms with E-state index in [9.17, 15) is 14.7 Å². The fraction of sp³-hybridized carbons (Fsp3) is 0.176. The minimum Gasteiger partial charge on any atom is -0.507 e. The first kappa shape index (κ1) is 15.2. The lowest BCUT2D eigenvalue weighted by molar-refractivity contribution is -0.297. The Morgan fingerprint density at radius 1 is 1.09 bits per heavy atom. The van der Waals surface area contributed by atoms with E-state index in [1.54, 1.807) is 32.0 Å². The van der Waals surface area contributed by atoms with Crippen molar-refractivity contribution in [2.24, 2.45) is 0 Å². The molecule has 0 radical (unpaired) electrons. The Labute approximate surface area is 132 Å². The monoisotopic (exact) mass is 313 g/mol. The van der Waals surface area contributed by atoms with E-state index in [1.807, 2.05) is 0 Å². The Kier molecular flexibility index (Phi) is 3.43. The molecule has 1 aliphatic heterocycles. The third kappa shape index (κ3) is 2.38. The zero-order valence-corrected chi connectivity index (χ0v) is 12.6. The number of phenolic OH excluding ortho intramolecular Hbond substituents is 1. The van der Waals surface area contributed by atoms with Gasteiger partial charge in [0.05, 0.1) is 0 Å². The summed E-state index contributed by atoms with van der Waals surface area (Å²) in [6, 6.07) is 7.83. The highest BCUT2D eigenvalue weighted by atomic mass is 17.1. The van der Waals surface area contributed by atoms with Crippen molar-refractivity contribution in [1.29, 1.82) is 0 Å². The van der Waals surface area contributed by atoms with Gasteiger partial charge in [0.1, 0.15) is 11.4 Å². The molecule has 3 rings (SSSR count). The van der Waals surface area contributed by atoms with Crippen LogP contribution in [0.5, 0.6) is 5.75 Å². The first-order valence-electron chi connectivity index (χ1n) is 7.00. The van der Waals surface area contributed by atoms with Gasteiger partial charge >= 0.3 is 0 Å². The van der Waals surface area contributed by atoms with Crippen LogP contribution in [0.3, 0.4) is 0 Å². The van der Waals surface area contributed by atoms with Crippen LogP contribution < -0.4 is 0 Å². The number of carbonyl (C=O) groups excluding carboxylic acids is 2. The van der Waals surface area contributed by atoms with Gasteiger partial charge in [-0.25, -0.2) is 9.79 Å². The van der Waals surface area contributed by atoms with Gasteiger partial charge in [-0.1, -0.05) is 12.1 Å². The first-order valence-corrected chi connectivity index (χ1v) is 7.00. The lowest BCUT2D eigenvalue weighted by Crippen LogP contribution is -2.37. The van der Waals surface area contributed by atoms with Crippen molar-refractivity contribution in [3.8, 4) is 5.75 Å². The number of hydrogen-bond donors (Lipinski definition) is 2. The summed E-state index contributed by atoms with van der Waals surface area (Å²) in [6.07, 6.45) is 2.70. The predicted octanol–water partition coefficient (Wildman–Crippen LogP) is 2.92. The summed E-state index contributed by atoms with van der Waals surface area (Å²) in [5.74, 6) is -0.975.